The Labute approximate surface area is 140 Å². The zero-order valence-electron chi connectivity index (χ0n) is 11.5. The Bertz CT molecular complexity index is 471. The molecule has 3 N–H and O–H groups in total. The molecule has 0 unspecified atom stereocenters. The van der Waals surface area contributed by atoms with Crippen molar-refractivity contribution in [3.05, 3.63) is 33.8 Å². The van der Waals surface area contributed by atoms with Crippen molar-refractivity contribution in [2.24, 2.45) is 5.41 Å². The van der Waals surface area contributed by atoms with Crippen molar-refractivity contribution in [1.82, 2.24) is 10.6 Å². The minimum Gasteiger partial charge on any atom is -0.396 e. The molecule has 21 heavy (non-hydrogen) atoms. The monoisotopic (exact) mass is 352 g/mol. The summed E-state index contributed by atoms with van der Waals surface area (Å²) < 4.78 is 0. The highest BCUT2D eigenvalue weighted by atomic mass is 35.5. The lowest BCUT2D eigenvalue weighted by molar-refractivity contribution is 0.0757. The summed E-state index contributed by atoms with van der Waals surface area (Å²) in [6, 6.07) is 4.75. The number of rotatable bonds is 4. The molecule has 1 aliphatic heterocycles. The van der Waals surface area contributed by atoms with E-state index in [4.69, 9.17) is 23.2 Å². The molecule has 0 atom stereocenters. The number of aliphatic hydroxyl groups is 1. The van der Waals surface area contributed by atoms with Crippen molar-refractivity contribution in [3.63, 3.8) is 0 Å². The SMILES string of the molecule is Cl.O=C(NCC1(CO)CCNCC1)c1cc(Cl)cc(Cl)c1. The van der Waals surface area contributed by atoms with Crippen molar-refractivity contribution in [3.8, 4) is 0 Å². The lowest BCUT2D eigenvalue weighted by Crippen LogP contribution is -2.46. The van der Waals surface area contributed by atoms with E-state index in [9.17, 15) is 9.90 Å². The first kappa shape index (κ1) is 18.5. The summed E-state index contributed by atoms with van der Waals surface area (Å²) in [5, 5.41) is 16.6. The minimum absolute atomic E-state index is 0. The van der Waals surface area contributed by atoms with Crippen LogP contribution in [-0.4, -0.2) is 37.3 Å². The Morgan fingerprint density at radius 3 is 2.33 bits per heavy atom. The fourth-order valence-electron chi connectivity index (χ4n) is 2.40. The molecule has 2 rings (SSSR count). The first-order valence-corrected chi connectivity index (χ1v) is 7.36. The predicted molar refractivity (Wildman–Crippen MR) is 87.7 cm³/mol. The van der Waals surface area contributed by atoms with Gasteiger partial charge in [-0.25, -0.2) is 0 Å². The van der Waals surface area contributed by atoms with Crippen LogP contribution < -0.4 is 10.6 Å². The predicted octanol–water partition coefficient (Wildman–Crippen LogP) is 2.51. The van der Waals surface area contributed by atoms with E-state index < -0.39 is 0 Å². The van der Waals surface area contributed by atoms with Gasteiger partial charge in [0, 0.05) is 27.6 Å². The lowest BCUT2D eigenvalue weighted by Gasteiger charge is -2.36. The number of aliphatic hydroxyl groups excluding tert-OH is 1. The highest BCUT2D eigenvalue weighted by molar-refractivity contribution is 6.35. The van der Waals surface area contributed by atoms with Crippen LogP contribution in [0.4, 0.5) is 0 Å². The topological polar surface area (TPSA) is 61.4 Å². The maximum atomic E-state index is 12.1. The van der Waals surface area contributed by atoms with Gasteiger partial charge in [-0.3, -0.25) is 4.79 Å². The Hall–Kier alpha value is -0.520. The second-order valence-electron chi connectivity index (χ2n) is 5.25. The van der Waals surface area contributed by atoms with Crippen LogP contribution in [0.5, 0.6) is 0 Å². The summed E-state index contributed by atoms with van der Waals surface area (Å²) in [4.78, 5) is 12.1. The van der Waals surface area contributed by atoms with Gasteiger partial charge in [-0.05, 0) is 44.1 Å². The Kier molecular flexibility index (Phi) is 7.24. The maximum Gasteiger partial charge on any atom is 0.251 e. The number of hydrogen-bond acceptors (Lipinski definition) is 3. The molecule has 0 radical (unpaired) electrons. The molecule has 1 aromatic carbocycles. The average molecular weight is 354 g/mol. The smallest absolute Gasteiger partial charge is 0.251 e. The number of hydrogen-bond donors (Lipinski definition) is 3. The summed E-state index contributed by atoms with van der Waals surface area (Å²) in [5.41, 5.74) is 0.202. The molecule has 1 aromatic rings. The molecule has 0 bridgehead atoms. The summed E-state index contributed by atoms with van der Waals surface area (Å²) in [7, 11) is 0. The number of amides is 1. The second kappa shape index (κ2) is 8.20. The van der Waals surface area contributed by atoms with E-state index in [-0.39, 0.29) is 30.3 Å². The first-order chi connectivity index (χ1) is 9.54. The maximum absolute atomic E-state index is 12.1. The van der Waals surface area contributed by atoms with Gasteiger partial charge in [0.15, 0.2) is 0 Å². The third-order valence-electron chi connectivity index (χ3n) is 3.75. The summed E-state index contributed by atoms with van der Waals surface area (Å²) >= 11 is 11.8. The number of carbonyl (C=O) groups excluding carboxylic acids is 1. The molecule has 1 saturated heterocycles. The second-order valence-corrected chi connectivity index (χ2v) is 6.12. The van der Waals surface area contributed by atoms with Crippen molar-refractivity contribution < 1.29 is 9.90 Å². The quantitative estimate of drug-likeness (QED) is 0.779. The van der Waals surface area contributed by atoms with Gasteiger partial charge in [0.1, 0.15) is 0 Å². The van der Waals surface area contributed by atoms with E-state index in [1.807, 2.05) is 0 Å². The van der Waals surface area contributed by atoms with Crippen LogP contribution in [-0.2, 0) is 0 Å². The molecule has 1 fully saturated rings. The molecular formula is C14H19Cl3N2O2. The lowest BCUT2D eigenvalue weighted by atomic mass is 9.79. The highest BCUT2D eigenvalue weighted by Gasteiger charge is 2.31. The van der Waals surface area contributed by atoms with Crippen LogP contribution in [0.1, 0.15) is 23.2 Å². The standard InChI is InChI=1S/C14H18Cl2N2O2.ClH/c15-11-5-10(6-12(16)7-11)13(20)18-8-14(9-19)1-3-17-4-2-14;/h5-7,17,19H,1-4,8-9H2,(H,18,20);1H. The van der Waals surface area contributed by atoms with Crippen LogP contribution >= 0.6 is 35.6 Å². The number of nitrogens with one attached hydrogen (secondary N) is 2. The third-order valence-corrected chi connectivity index (χ3v) is 4.18. The van der Waals surface area contributed by atoms with Gasteiger partial charge in [0.2, 0.25) is 0 Å². The Balaban J connectivity index is 0.00000220. The van der Waals surface area contributed by atoms with E-state index in [0.29, 0.717) is 22.2 Å². The van der Waals surface area contributed by atoms with Gasteiger partial charge in [-0.1, -0.05) is 23.2 Å². The van der Waals surface area contributed by atoms with Gasteiger partial charge in [-0.15, -0.1) is 12.4 Å². The number of piperidine rings is 1. The highest BCUT2D eigenvalue weighted by Crippen LogP contribution is 2.27. The van der Waals surface area contributed by atoms with Gasteiger partial charge in [0.05, 0.1) is 6.61 Å². The van der Waals surface area contributed by atoms with Crippen molar-refractivity contribution >= 4 is 41.5 Å². The van der Waals surface area contributed by atoms with Gasteiger partial charge in [0.25, 0.3) is 5.91 Å². The molecular weight excluding hydrogens is 335 g/mol. The number of halogens is 3. The molecule has 1 heterocycles. The fourth-order valence-corrected chi connectivity index (χ4v) is 2.93. The minimum atomic E-state index is -0.233. The average Bonchev–Trinajstić information content (AvgIpc) is 2.45. The van der Waals surface area contributed by atoms with Crippen LogP contribution in [0, 0.1) is 5.41 Å². The molecule has 1 amide bonds. The van der Waals surface area contributed by atoms with Gasteiger partial charge < -0.3 is 15.7 Å². The van der Waals surface area contributed by atoms with E-state index in [1.165, 1.54) is 0 Å². The number of carbonyl (C=O) groups is 1. The fraction of sp³-hybridized carbons (Fsp3) is 0.500. The normalized spacial score (nSPS) is 16.9. The zero-order valence-corrected chi connectivity index (χ0v) is 13.8. The van der Waals surface area contributed by atoms with Crippen LogP contribution in [0.3, 0.4) is 0 Å². The summed E-state index contributed by atoms with van der Waals surface area (Å²) in [6.07, 6.45) is 1.69. The molecule has 118 valence electrons. The molecule has 0 aliphatic carbocycles. The van der Waals surface area contributed by atoms with E-state index in [0.717, 1.165) is 25.9 Å². The molecule has 0 saturated carbocycles. The number of benzene rings is 1. The third kappa shape index (κ3) is 5.01. The van der Waals surface area contributed by atoms with Gasteiger partial charge >= 0.3 is 0 Å². The van der Waals surface area contributed by atoms with E-state index in [2.05, 4.69) is 10.6 Å². The molecule has 4 nitrogen and oxygen atoms in total. The summed E-state index contributed by atoms with van der Waals surface area (Å²) in [6.45, 7) is 2.25. The molecule has 0 spiro atoms. The van der Waals surface area contributed by atoms with Crippen LogP contribution in [0.2, 0.25) is 10.0 Å². The first-order valence-electron chi connectivity index (χ1n) is 6.61. The molecule has 7 heteroatoms. The van der Waals surface area contributed by atoms with Crippen molar-refractivity contribution in [2.45, 2.75) is 12.8 Å². The van der Waals surface area contributed by atoms with Crippen LogP contribution in [0.25, 0.3) is 0 Å². The Morgan fingerprint density at radius 2 is 1.81 bits per heavy atom. The van der Waals surface area contributed by atoms with Gasteiger partial charge in [-0.2, -0.15) is 0 Å². The van der Waals surface area contributed by atoms with Crippen molar-refractivity contribution in [1.29, 1.82) is 0 Å². The molecule has 0 aromatic heterocycles. The largest absolute Gasteiger partial charge is 0.396 e. The summed E-state index contributed by atoms with van der Waals surface area (Å²) in [5.74, 6) is -0.222. The van der Waals surface area contributed by atoms with E-state index in [1.54, 1.807) is 18.2 Å². The molecule has 1 aliphatic rings. The van der Waals surface area contributed by atoms with Crippen molar-refractivity contribution in [2.75, 3.05) is 26.2 Å². The zero-order chi connectivity index (χ0) is 14.6. The van der Waals surface area contributed by atoms with E-state index >= 15 is 0 Å². The van der Waals surface area contributed by atoms with Crippen LogP contribution in [0.15, 0.2) is 18.2 Å². The Morgan fingerprint density at radius 1 is 1.24 bits per heavy atom.